The van der Waals surface area contributed by atoms with Crippen molar-refractivity contribution < 1.29 is 4.79 Å². The van der Waals surface area contributed by atoms with Crippen LogP contribution in [0.3, 0.4) is 0 Å². The van der Waals surface area contributed by atoms with Crippen LogP contribution < -0.4 is 5.32 Å². The predicted molar refractivity (Wildman–Crippen MR) is 79.4 cm³/mol. The van der Waals surface area contributed by atoms with Crippen LogP contribution in [0.4, 0.5) is 0 Å². The molecule has 1 aromatic rings. The summed E-state index contributed by atoms with van der Waals surface area (Å²) >= 11 is 0. The maximum atomic E-state index is 12.0. The van der Waals surface area contributed by atoms with Gasteiger partial charge in [0.25, 0.3) is 0 Å². The SMILES string of the molecule is CC(C)C(=O)N(C)Cc1cc([C@@H]2CCCNC2)nn1C. The lowest BCUT2D eigenvalue weighted by molar-refractivity contribution is -0.133. The number of amides is 1. The first-order valence-electron chi connectivity index (χ1n) is 7.47. The van der Waals surface area contributed by atoms with Gasteiger partial charge in [0.15, 0.2) is 0 Å². The van der Waals surface area contributed by atoms with Crippen LogP contribution in [-0.2, 0) is 18.4 Å². The topological polar surface area (TPSA) is 50.2 Å². The zero-order valence-corrected chi connectivity index (χ0v) is 13.0. The van der Waals surface area contributed by atoms with E-state index in [1.807, 2.05) is 32.6 Å². The molecule has 2 rings (SSSR count). The van der Waals surface area contributed by atoms with Gasteiger partial charge in [-0.1, -0.05) is 13.8 Å². The summed E-state index contributed by atoms with van der Waals surface area (Å²) in [6, 6.07) is 2.15. The molecule has 0 aromatic carbocycles. The van der Waals surface area contributed by atoms with E-state index in [0.29, 0.717) is 12.5 Å². The summed E-state index contributed by atoms with van der Waals surface area (Å²) in [6.45, 7) is 6.61. The van der Waals surface area contributed by atoms with Gasteiger partial charge in [-0.3, -0.25) is 9.48 Å². The molecule has 1 N–H and O–H groups in total. The maximum Gasteiger partial charge on any atom is 0.225 e. The Balaban J connectivity index is 2.05. The van der Waals surface area contributed by atoms with E-state index in [1.54, 1.807) is 4.90 Å². The first-order chi connectivity index (χ1) is 9.49. The van der Waals surface area contributed by atoms with Gasteiger partial charge in [0, 0.05) is 32.5 Å². The lowest BCUT2D eigenvalue weighted by Gasteiger charge is -2.20. The van der Waals surface area contributed by atoms with Crippen LogP contribution in [0, 0.1) is 5.92 Å². The van der Waals surface area contributed by atoms with Gasteiger partial charge in [-0.2, -0.15) is 5.10 Å². The van der Waals surface area contributed by atoms with E-state index >= 15 is 0 Å². The quantitative estimate of drug-likeness (QED) is 0.908. The van der Waals surface area contributed by atoms with Crippen LogP contribution in [0.25, 0.3) is 0 Å². The van der Waals surface area contributed by atoms with Crippen LogP contribution in [0.2, 0.25) is 0 Å². The van der Waals surface area contributed by atoms with E-state index in [4.69, 9.17) is 0 Å². The van der Waals surface area contributed by atoms with Gasteiger partial charge in [0.2, 0.25) is 5.91 Å². The Morgan fingerprint density at radius 3 is 2.95 bits per heavy atom. The van der Waals surface area contributed by atoms with Crippen molar-refractivity contribution in [3.63, 3.8) is 0 Å². The number of hydrogen-bond donors (Lipinski definition) is 1. The molecule has 1 aromatic heterocycles. The molecule has 5 nitrogen and oxygen atoms in total. The molecular weight excluding hydrogens is 252 g/mol. The number of hydrogen-bond acceptors (Lipinski definition) is 3. The number of carbonyl (C=O) groups excluding carboxylic acids is 1. The third-order valence-corrected chi connectivity index (χ3v) is 3.98. The zero-order valence-electron chi connectivity index (χ0n) is 13.0. The molecule has 112 valence electrons. The second-order valence-corrected chi connectivity index (χ2v) is 6.08. The molecule has 0 saturated carbocycles. The Morgan fingerprint density at radius 1 is 1.60 bits per heavy atom. The van der Waals surface area contributed by atoms with E-state index in [2.05, 4.69) is 16.5 Å². The molecule has 1 amide bonds. The number of piperidine rings is 1. The van der Waals surface area contributed by atoms with E-state index in [9.17, 15) is 4.79 Å². The van der Waals surface area contributed by atoms with Gasteiger partial charge in [0.05, 0.1) is 17.9 Å². The van der Waals surface area contributed by atoms with Crippen molar-refractivity contribution in [3.8, 4) is 0 Å². The van der Waals surface area contributed by atoms with Crippen molar-refractivity contribution in [2.24, 2.45) is 13.0 Å². The molecule has 1 saturated heterocycles. The molecule has 0 spiro atoms. The summed E-state index contributed by atoms with van der Waals surface area (Å²) in [7, 11) is 3.82. The van der Waals surface area contributed by atoms with Crippen molar-refractivity contribution in [2.45, 2.75) is 39.2 Å². The molecule has 1 aliphatic heterocycles. The average Bonchev–Trinajstić information content (AvgIpc) is 2.80. The molecule has 0 aliphatic carbocycles. The monoisotopic (exact) mass is 278 g/mol. The van der Waals surface area contributed by atoms with Gasteiger partial charge in [-0.15, -0.1) is 0 Å². The molecule has 1 aliphatic rings. The first-order valence-corrected chi connectivity index (χ1v) is 7.47. The predicted octanol–water partition coefficient (Wildman–Crippen LogP) is 1.50. The Morgan fingerprint density at radius 2 is 2.35 bits per heavy atom. The van der Waals surface area contributed by atoms with Crippen molar-refractivity contribution in [3.05, 3.63) is 17.5 Å². The van der Waals surface area contributed by atoms with Crippen molar-refractivity contribution in [1.29, 1.82) is 0 Å². The van der Waals surface area contributed by atoms with E-state index in [-0.39, 0.29) is 11.8 Å². The number of nitrogens with zero attached hydrogens (tertiary/aromatic N) is 3. The smallest absolute Gasteiger partial charge is 0.225 e. The fraction of sp³-hybridized carbons (Fsp3) is 0.733. The molecule has 1 fully saturated rings. The van der Waals surface area contributed by atoms with Crippen LogP contribution in [-0.4, -0.2) is 40.7 Å². The molecule has 0 radical (unpaired) electrons. The summed E-state index contributed by atoms with van der Waals surface area (Å²) in [5, 5.41) is 8.05. The number of aromatic nitrogens is 2. The van der Waals surface area contributed by atoms with Crippen LogP contribution in [0.5, 0.6) is 0 Å². The lowest BCUT2D eigenvalue weighted by atomic mass is 9.96. The van der Waals surface area contributed by atoms with Crippen LogP contribution in [0.15, 0.2) is 6.07 Å². The summed E-state index contributed by atoms with van der Waals surface area (Å²) in [6.07, 6.45) is 2.41. The standard InChI is InChI=1S/C15H26N4O/c1-11(2)15(20)18(3)10-13-8-14(17-19(13)4)12-6-5-7-16-9-12/h8,11-12,16H,5-7,9-10H2,1-4H3/t12-/m1/s1. The maximum absolute atomic E-state index is 12.0. The molecule has 1 atom stereocenters. The lowest BCUT2D eigenvalue weighted by Crippen LogP contribution is -2.30. The molecule has 20 heavy (non-hydrogen) atoms. The highest BCUT2D eigenvalue weighted by Crippen LogP contribution is 2.23. The first kappa shape index (κ1) is 15.0. The summed E-state index contributed by atoms with van der Waals surface area (Å²) in [4.78, 5) is 13.7. The molecular formula is C15H26N4O. The average molecular weight is 278 g/mol. The number of aryl methyl sites for hydroxylation is 1. The highest BCUT2D eigenvalue weighted by atomic mass is 16.2. The second-order valence-electron chi connectivity index (χ2n) is 6.08. The third kappa shape index (κ3) is 3.39. The van der Waals surface area contributed by atoms with Crippen LogP contribution >= 0.6 is 0 Å². The van der Waals surface area contributed by atoms with Gasteiger partial charge >= 0.3 is 0 Å². The summed E-state index contributed by atoms with van der Waals surface area (Å²) in [5.41, 5.74) is 2.25. The van der Waals surface area contributed by atoms with Crippen molar-refractivity contribution in [2.75, 3.05) is 20.1 Å². The summed E-state index contributed by atoms with van der Waals surface area (Å²) in [5.74, 6) is 0.720. The minimum Gasteiger partial charge on any atom is -0.340 e. The van der Waals surface area contributed by atoms with Gasteiger partial charge in [-0.25, -0.2) is 0 Å². The van der Waals surface area contributed by atoms with Gasteiger partial charge in [-0.05, 0) is 25.5 Å². The van der Waals surface area contributed by atoms with E-state index in [0.717, 1.165) is 24.5 Å². The van der Waals surface area contributed by atoms with Crippen LogP contribution in [0.1, 0.15) is 44.0 Å². The Hall–Kier alpha value is -1.36. The Labute approximate surface area is 121 Å². The fourth-order valence-electron chi connectivity index (χ4n) is 2.74. The third-order valence-electron chi connectivity index (χ3n) is 3.98. The molecule has 0 unspecified atom stereocenters. The highest BCUT2D eigenvalue weighted by Gasteiger charge is 2.20. The van der Waals surface area contributed by atoms with Crippen molar-refractivity contribution >= 4 is 5.91 Å². The molecule has 2 heterocycles. The van der Waals surface area contributed by atoms with Gasteiger partial charge in [0.1, 0.15) is 0 Å². The molecule has 5 heteroatoms. The van der Waals surface area contributed by atoms with E-state index < -0.39 is 0 Å². The minimum atomic E-state index is 0.0373. The van der Waals surface area contributed by atoms with E-state index in [1.165, 1.54) is 12.8 Å². The number of rotatable bonds is 4. The number of carbonyl (C=O) groups is 1. The van der Waals surface area contributed by atoms with Crippen molar-refractivity contribution in [1.82, 2.24) is 20.0 Å². The largest absolute Gasteiger partial charge is 0.340 e. The fourth-order valence-corrected chi connectivity index (χ4v) is 2.74. The number of nitrogens with one attached hydrogen (secondary N) is 1. The second kappa shape index (κ2) is 6.39. The Kier molecular flexibility index (Phi) is 4.81. The summed E-state index contributed by atoms with van der Waals surface area (Å²) < 4.78 is 1.91. The normalized spacial score (nSPS) is 19.4. The van der Waals surface area contributed by atoms with Gasteiger partial charge < -0.3 is 10.2 Å². The zero-order chi connectivity index (χ0) is 14.7. The minimum absolute atomic E-state index is 0.0373. The Bertz CT molecular complexity index is 460. The highest BCUT2D eigenvalue weighted by molar-refractivity contribution is 5.77. The molecule has 0 bridgehead atoms.